The van der Waals surface area contributed by atoms with Crippen LogP contribution in [0.5, 0.6) is 0 Å². The molecule has 1 radical (unpaired) electrons. The Morgan fingerprint density at radius 2 is 1.38 bits per heavy atom. The lowest BCUT2D eigenvalue weighted by Crippen LogP contribution is -2.19. The van der Waals surface area contributed by atoms with Gasteiger partial charge < -0.3 is 0 Å². The second-order valence-corrected chi connectivity index (χ2v) is 3.86. The largest absolute Gasteiger partial charge is 0.156 e. The third-order valence-corrected chi connectivity index (χ3v) is 2.28. The maximum Gasteiger partial charge on any atom is 0.156 e. The lowest BCUT2D eigenvalue weighted by Gasteiger charge is -2.08. The molecule has 2 rings (SSSR count). The van der Waals surface area contributed by atoms with Crippen molar-refractivity contribution in [2.45, 2.75) is 81.0 Å². The molecule has 1 heterocycles. The van der Waals surface area contributed by atoms with Crippen LogP contribution in [0.2, 0.25) is 6.32 Å². The van der Waals surface area contributed by atoms with Crippen LogP contribution < -0.4 is 5.46 Å². The quantitative estimate of drug-likeness (QED) is 0.381. The van der Waals surface area contributed by atoms with Gasteiger partial charge in [0.05, 0.1) is 0 Å². The van der Waals surface area contributed by atoms with E-state index in [1.54, 1.807) is 0 Å². The molecule has 0 saturated carbocycles. The molecule has 0 atom stereocenters. The van der Waals surface area contributed by atoms with Crippen molar-refractivity contribution in [3.63, 3.8) is 0 Å². The molecule has 1 aliphatic rings. The number of fused-ring (bicyclic) bond motifs is 1. The first kappa shape index (κ1) is 25.0. The molecule has 0 spiro atoms. The van der Waals surface area contributed by atoms with Crippen molar-refractivity contribution in [1.29, 1.82) is 0 Å². The predicted octanol–water partition coefficient (Wildman–Crippen LogP) is 6.43. The lowest BCUT2D eigenvalue weighted by atomic mass is 9.64. The summed E-state index contributed by atoms with van der Waals surface area (Å²) in [5, 5.41) is 0. The highest BCUT2D eigenvalue weighted by Crippen LogP contribution is 2.04. The molecule has 0 bridgehead atoms. The Kier molecular flexibility index (Phi) is 28.7. The molecule has 0 fully saturated rings. The summed E-state index contributed by atoms with van der Waals surface area (Å²) in [6, 6.07) is 8.66. The van der Waals surface area contributed by atoms with Gasteiger partial charge in [-0.15, -0.1) is 0 Å². The van der Waals surface area contributed by atoms with Crippen molar-refractivity contribution in [3.05, 3.63) is 42.0 Å². The first-order valence-electron chi connectivity index (χ1n) is 8.94. The van der Waals surface area contributed by atoms with Crippen molar-refractivity contribution in [3.8, 4) is 0 Å². The second-order valence-electron chi connectivity index (χ2n) is 3.86. The zero-order valence-electron chi connectivity index (χ0n) is 15.9. The van der Waals surface area contributed by atoms with E-state index in [4.69, 9.17) is 0 Å². The highest BCUT2D eigenvalue weighted by atomic mass is 14.0. The van der Waals surface area contributed by atoms with E-state index in [1.807, 2.05) is 41.5 Å². The first-order chi connectivity index (χ1) is 10.4. The van der Waals surface area contributed by atoms with E-state index in [0.29, 0.717) is 0 Å². The van der Waals surface area contributed by atoms with Crippen LogP contribution in [0.25, 0.3) is 0 Å². The van der Waals surface area contributed by atoms with E-state index < -0.39 is 0 Å². The smallest absolute Gasteiger partial charge is 0.0959 e. The van der Waals surface area contributed by atoms with Gasteiger partial charge in [0.1, 0.15) is 0 Å². The van der Waals surface area contributed by atoms with Gasteiger partial charge in [-0.2, -0.15) is 0 Å². The molecule has 0 aromatic heterocycles. The van der Waals surface area contributed by atoms with Gasteiger partial charge >= 0.3 is 0 Å². The minimum atomic E-state index is 1.08. The van der Waals surface area contributed by atoms with Crippen molar-refractivity contribution >= 4 is 12.7 Å². The number of aryl methyl sites for hydroxylation is 1. The van der Waals surface area contributed by atoms with Gasteiger partial charge in [-0.25, -0.2) is 0 Å². The van der Waals surface area contributed by atoms with E-state index >= 15 is 0 Å². The molecule has 1 aromatic carbocycles. The van der Waals surface area contributed by atoms with E-state index in [1.165, 1.54) is 30.3 Å². The van der Waals surface area contributed by atoms with Gasteiger partial charge in [-0.05, 0) is 12.8 Å². The van der Waals surface area contributed by atoms with Crippen LogP contribution in [-0.4, -0.2) is 7.28 Å². The van der Waals surface area contributed by atoms with Crippen molar-refractivity contribution in [1.82, 2.24) is 0 Å². The molecule has 0 aliphatic carbocycles. The SMILES string of the molecule is CC.CC.CC.CCC.[B]1C/C=C\CCc2ccccc21. The Morgan fingerprint density at radius 1 is 0.857 bits per heavy atom. The van der Waals surface area contributed by atoms with Crippen LogP contribution in [-0.2, 0) is 6.42 Å². The third-order valence-electron chi connectivity index (χ3n) is 2.28. The molecule has 0 N–H and O–H groups in total. The molecule has 0 amide bonds. The van der Waals surface area contributed by atoms with Crippen LogP contribution in [0.1, 0.15) is 73.8 Å². The Balaban J connectivity index is -0.000000308. The van der Waals surface area contributed by atoms with Crippen molar-refractivity contribution in [2.24, 2.45) is 0 Å². The zero-order valence-corrected chi connectivity index (χ0v) is 15.9. The Labute approximate surface area is 136 Å². The average Bonchev–Trinajstić information content (AvgIpc) is 2.55. The van der Waals surface area contributed by atoms with Crippen LogP contribution in [0.4, 0.5) is 0 Å². The number of benzene rings is 1. The number of hydrogen-bond acceptors (Lipinski definition) is 0. The maximum absolute atomic E-state index is 2.30. The zero-order chi connectivity index (χ0) is 16.9. The molecule has 0 nitrogen and oxygen atoms in total. The molecule has 1 aromatic rings. The van der Waals surface area contributed by atoms with Gasteiger partial charge in [0.25, 0.3) is 0 Å². The maximum atomic E-state index is 2.30. The second kappa shape index (κ2) is 24.1. The Hall–Kier alpha value is -0.975. The summed E-state index contributed by atoms with van der Waals surface area (Å²) >= 11 is 0. The standard InChI is InChI=1S/C11H12B.C3H8.3C2H6/c1-2-6-10-7-3-4-8-11(10)12-9-5-1;1-3-2;3*1-2/h1,3-5,7-8H,2,6,9H2;3H2,1-2H3;3*1-2H3/b5-1-;;;;. The highest BCUT2D eigenvalue weighted by molar-refractivity contribution is 6.54. The summed E-state index contributed by atoms with van der Waals surface area (Å²) in [7, 11) is 2.30. The topological polar surface area (TPSA) is 0 Å². The molecule has 1 aliphatic heterocycles. The monoisotopic (exact) mass is 289 g/mol. The fraction of sp³-hybridized carbons (Fsp3) is 0.600. The predicted molar refractivity (Wildman–Crippen MR) is 104 cm³/mol. The Morgan fingerprint density at radius 3 is 1.95 bits per heavy atom. The van der Waals surface area contributed by atoms with E-state index in [0.717, 1.165) is 6.32 Å². The minimum absolute atomic E-state index is 1.08. The summed E-state index contributed by atoms with van der Waals surface area (Å²) in [5.41, 5.74) is 2.91. The first-order valence-corrected chi connectivity index (χ1v) is 8.94. The molecule has 21 heavy (non-hydrogen) atoms. The molecule has 0 saturated heterocycles. The molecule has 121 valence electrons. The summed E-state index contributed by atoms with van der Waals surface area (Å²) in [4.78, 5) is 0. The molecule has 0 unspecified atom stereocenters. The van der Waals surface area contributed by atoms with Gasteiger partial charge in [0, 0.05) is 0 Å². The summed E-state index contributed by atoms with van der Waals surface area (Å²) in [5.74, 6) is 0. The van der Waals surface area contributed by atoms with Crippen LogP contribution >= 0.6 is 0 Å². The van der Waals surface area contributed by atoms with Crippen LogP contribution in [0.3, 0.4) is 0 Å². The fourth-order valence-corrected chi connectivity index (χ4v) is 1.61. The van der Waals surface area contributed by atoms with E-state index in [-0.39, 0.29) is 0 Å². The van der Waals surface area contributed by atoms with Crippen molar-refractivity contribution in [2.75, 3.05) is 0 Å². The molecule has 1 heteroatoms. The van der Waals surface area contributed by atoms with Gasteiger partial charge in [-0.3, -0.25) is 0 Å². The normalized spacial score (nSPS) is 12.2. The fourth-order valence-electron chi connectivity index (χ4n) is 1.61. The van der Waals surface area contributed by atoms with E-state index in [9.17, 15) is 0 Å². The Bertz CT molecular complexity index is 273. The van der Waals surface area contributed by atoms with Crippen LogP contribution in [0, 0.1) is 0 Å². The molecular formula is C20H38B. The van der Waals surface area contributed by atoms with Crippen LogP contribution in [0.15, 0.2) is 36.4 Å². The van der Waals surface area contributed by atoms with Gasteiger partial charge in [-0.1, -0.05) is 116 Å². The van der Waals surface area contributed by atoms with Gasteiger partial charge in [0.2, 0.25) is 0 Å². The summed E-state index contributed by atoms with van der Waals surface area (Å²) < 4.78 is 0. The average molecular weight is 289 g/mol. The van der Waals surface area contributed by atoms with E-state index in [2.05, 4.69) is 57.5 Å². The van der Waals surface area contributed by atoms with Crippen molar-refractivity contribution < 1.29 is 0 Å². The number of allylic oxidation sites excluding steroid dienone is 2. The highest BCUT2D eigenvalue weighted by Gasteiger charge is 2.02. The summed E-state index contributed by atoms with van der Waals surface area (Å²) in [6.45, 7) is 16.2. The number of hydrogen-bond donors (Lipinski definition) is 0. The minimum Gasteiger partial charge on any atom is -0.0959 e. The third kappa shape index (κ3) is 15.2. The molecular weight excluding hydrogens is 251 g/mol. The van der Waals surface area contributed by atoms with Gasteiger partial charge in [0.15, 0.2) is 7.28 Å². The lowest BCUT2D eigenvalue weighted by molar-refractivity contribution is 1.00. The number of rotatable bonds is 0. The summed E-state index contributed by atoms with van der Waals surface area (Å²) in [6.07, 6.45) is 9.22.